The van der Waals surface area contributed by atoms with Crippen molar-refractivity contribution in [3.8, 4) is 45.0 Å². The third kappa shape index (κ3) is 5.27. The molecule has 13 rings (SSSR count). The van der Waals surface area contributed by atoms with E-state index in [2.05, 4.69) is 221 Å². The SMILES string of the molecule is c1ccc(-n2c3ccccc3c3cc(-c4ccc5c(c4)c4ccccc4n5-c4cccc(-c5cccc(-c6ncc7c8ccccc8c8ccccc8c7n6)c5)c4)ccc32)cc1. The summed E-state index contributed by atoms with van der Waals surface area (Å²) in [6.45, 7) is 0. The summed E-state index contributed by atoms with van der Waals surface area (Å²) in [6, 6.07) is 76.6. The maximum Gasteiger partial charge on any atom is 0.159 e. The van der Waals surface area contributed by atoms with Gasteiger partial charge in [-0.15, -0.1) is 0 Å². The molecule has 0 aliphatic heterocycles. The topological polar surface area (TPSA) is 35.6 Å². The maximum absolute atomic E-state index is 5.24. The predicted octanol–water partition coefficient (Wildman–Crippen LogP) is 15.1. The first-order valence-corrected chi connectivity index (χ1v) is 21.1. The summed E-state index contributed by atoms with van der Waals surface area (Å²) < 4.78 is 4.77. The highest BCUT2D eigenvalue weighted by atomic mass is 15.0. The van der Waals surface area contributed by atoms with E-state index in [4.69, 9.17) is 9.97 Å². The number of fused-ring (bicyclic) bond motifs is 12. The second kappa shape index (κ2) is 13.6. The molecule has 0 bridgehead atoms. The van der Waals surface area contributed by atoms with Crippen LogP contribution in [0, 0.1) is 0 Å². The predicted molar refractivity (Wildman–Crippen MR) is 260 cm³/mol. The maximum atomic E-state index is 5.24. The Morgan fingerprint density at radius 1 is 0.274 bits per heavy atom. The van der Waals surface area contributed by atoms with Gasteiger partial charge in [0.2, 0.25) is 0 Å². The fourth-order valence-corrected chi connectivity index (χ4v) is 9.90. The molecule has 288 valence electrons. The summed E-state index contributed by atoms with van der Waals surface area (Å²) in [5.41, 5.74) is 13.6. The minimum atomic E-state index is 0.718. The minimum Gasteiger partial charge on any atom is -0.309 e. The molecule has 0 aliphatic rings. The molecule has 62 heavy (non-hydrogen) atoms. The molecule has 0 N–H and O–H groups in total. The van der Waals surface area contributed by atoms with Gasteiger partial charge in [0, 0.05) is 55.5 Å². The zero-order valence-corrected chi connectivity index (χ0v) is 33.6. The van der Waals surface area contributed by atoms with E-state index >= 15 is 0 Å². The highest BCUT2D eigenvalue weighted by molar-refractivity contribution is 6.24. The van der Waals surface area contributed by atoms with Crippen LogP contribution in [0.5, 0.6) is 0 Å². The van der Waals surface area contributed by atoms with E-state index in [9.17, 15) is 0 Å². The van der Waals surface area contributed by atoms with Crippen LogP contribution in [-0.2, 0) is 0 Å². The number of rotatable bonds is 5. The number of benzene rings is 10. The summed E-state index contributed by atoms with van der Waals surface area (Å²) in [6.07, 6.45) is 2.00. The van der Waals surface area contributed by atoms with E-state index in [-0.39, 0.29) is 0 Å². The van der Waals surface area contributed by atoms with Gasteiger partial charge in [0.05, 0.1) is 27.6 Å². The van der Waals surface area contributed by atoms with Crippen LogP contribution in [0.2, 0.25) is 0 Å². The molecule has 3 heterocycles. The molecule has 0 atom stereocenters. The van der Waals surface area contributed by atoms with Gasteiger partial charge in [-0.3, -0.25) is 0 Å². The van der Waals surface area contributed by atoms with Crippen molar-refractivity contribution >= 4 is 76.1 Å². The van der Waals surface area contributed by atoms with E-state index in [1.54, 1.807) is 0 Å². The second-order valence-electron chi connectivity index (χ2n) is 16.2. The van der Waals surface area contributed by atoms with E-state index in [1.165, 1.54) is 76.6 Å². The average molecular weight is 789 g/mol. The van der Waals surface area contributed by atoms with Crippen molar-refractivity contribution in [3.05, 3.63) is 219 Å². The zero-order valence-electron chi connectivity index (χ0n) is 33.6. The third-order valence-corrected chi connectivity index (χ3v) is 12.7. The van der Waals surface area contributed by atoms with Gasteiger partial charge in [-0.1, -0.05) is 146 Å². The number of aromatic nitrogens is 4. The summed E-state index contributed by atoms with van der Waals surface area (Å²) >= 11 is 0. The molecule has 0 amide bonds. The summed E-state index contributed by atoms with van der Waals surface area (Å²) in [5, 5.41) is 10.8. The lowest BCUT2D eigenvalue weighted by molar-refractivity contribution is 1.18. The Morgan fingerprint density at radius 2 is 0.726 bits per heavy atom. The highest BCUT2D eigenvalue weighted by Crippen LogP contribution is 2.40. The molecule has 10 aromatic carbocycles. The number of nitrogens with zero attached hydrogens (tertiary/aromatic N) is 4. The molecule has 0 radical (unpaired) electrons. The van der Waals surface area contributed by atoms with Crippen molar-refractivity contribution in [2.45, 2.75) is 0 Å². The van der Waals surface area contributed by atoms with Gasteiger partial charge < -0.3 is 9.13 Å². The van der Waals surface area contributed by atoms with Crippen molar-refractivity contribution in [3.63, 3.8) is 0 Å². The Bertz CT molecular complexity index is 3890. The standard InChI is InChI=1S/C58H36N4/c1-2-17-42(18-3-1)61-53-26-10-8-23-47(53)50-34-39(28-30-55(50)61)40-29-31-56-51(35-40)48-24-9-11-27-54(48)62(56)43-19-13-15-38(33-43)37-14-12-16-41(32-37)58-59-36-52-46-22-5-4-20-44(46)45-21-6-7-25-49(45)57(52)60-58/h1-36H. The van der Waals surface area contributed by atoms with Gasteiger partial charge in [0.25, 0.3) is 0 Å². The van der Waals surface area contributed by atoms with Crippen LogP contribution in [0.4, 0.5) is 0 Å². The van der Waals surface area contributed by atoms with E-state index in [1.807, 2.05) is 6.20 Å². The molecule has 0 spiro atoms. The Morgan fingerprint density at radius 3 is 1.39 bits per heavy atom. The summed E-state index contributed by atoms with van der Waals surface area (Å²) in [7, 11) is 0. The lowest BCUT2D eigenvalue weighted by Gasteiger charge is -2.12. The van der Waals surface area contributed by atoms with Crippen LogP contribution in [0.3, 0.4) is 0 Å². The quantitative estimate of drug-likeness (QED) is 0.163. The van der Waals surface area contributed by atoms with Crippen LogP contribution >= 0.6 is 0 Å². The Balaban J connectivity index is 0.904. The lowest BCUT2D eigenvalue weighted by atomic mass is 9.97. The van der Waals surface area contributed by atoms with Crippen LogP contribution in [0.15, 0.2) is 219 Å². The molecule has 0 unspecified atom stereocenters. The fraction of sp³-hybridized carbons (Fsp3) is 0. The molecular formula is C58H36N4. The van der Waals surface area contributed by atoms with Gasteiger partial charge in [-0.05, 0) is 105 Å². The fourth-order valence-electron chi connectivity index (χ4n) is 9.90. The Kier molecular flexibility index (Phi) is 7.57. The van der Waals surface area contributed by atoms with Gasteiger partial charge >= 0.3 is 0 Å². The average Bonchev–Trinajstić information content (AvgIpc) is 3.86. The summed E-state index contributed by atoms with van der Waals surface area (Å²) in [5.74, 6) is 0.718. The molecule has 4 nitrogen and oxygen atoms in total. The van der Waals surface area contributed by atoms with Gasteiger partial charge in [0.1, 0.15) is 0 Å². The molecular weight excluding hydrogens is 753 g/mol. The highest BCUT2D eigenvalue weighted by Gasteiger charge is 2.17. The number of hydrogen-bond acceptors (Lipinski definition) is 2. The Hall–Kier alpha value is -8.34. The molecule has 0 fully saturated rings. The molecule has 0 saturated carbocycles. The Labute approximate surface area is 357 Å². The summed E-state index contributed by atoms with van der Waals surface area (Å²) in [4.78, 5) is 10.2. The van der Waals surface area contributed by atoms with Gasteiger partial charge in [-0.25, -0.2) is 9.97 Å². The monoisotopic (exact) mass is 788 g/mol. The van der Waals surface area contributed by atoms with Crippen molar-refractivity contribution in [2.24, 2.45) is 0 Å². The van der Waals surface area contributed by atoms with E-state index < -0.39 is 0 Å². The van der Waals surface area contributed by atoms with Crippen LogP contribution < -0.4 is 0 Å². The largest absolute Gasteiger partial charge is 0.309 e. The zero-order chi connectivity index (χ0) is 40.7. The molecule has 13 aromatic rings. The first-order valence-electron chi connectivity index (χ1n) is 21.1. The molecule has 3 aromatic heterocycles. The first kappa shape index (κ1) is 34.5. The van der Waals surface area contributed by atoms with Crippen LogP contribution in [0.1, 0.15) is 0 Å². The molecule has 4 heteroatoms. The van der Waals surface area contributed by atoms with Gasteiger partial charge in [0.15, 0.2) is 5.82 Å². The smallest absolute Gasteiger partial charge is 0.159 e. The first-order chi connectivity index (χ1) is 30.7. The number of hydrogen-bond donors (Lipinski definition) is 0. The molecule has 0 saturated heterocycles. The van der Waals surface area contributed by atoms with Crippen molar-refractivity contribution in [1.82, 2.24) is 19.1 Å². The van der Waals surface area contributed by atoms with Crippen LogP contribution in [-0.4, -0.2) is 19.1 Å². The minimum absolute atomic E-state index is 0.718. The van der Waals surface area contributed by atoms with Crippen molar-refractivity contribution < 1.29 is 0 Å². The van der Waals surface area contributed by atoms with E-state index in [0.29, 0.717) is 0 Å². The number of para-hydroxylation sites is 3. The van der Waals surface area contributed by atoms with Gasteiger partial charge in [-0.2, -0.15) is 0 Å². The second-order valence-corrected chi connectivity index (χ2v) is 16.2. The normalized spacial score (nSPS) is 11.9. The van der Waals surface area contributed by atoms with E-state index in [0.717, 1.165) is 44.5 Å². The molecule has 0 aliphatic carbocycles. The third-order valence-electron chi connectivity index (χ3n) is 12.7. The van der Waals surface area contributed by atoms with Crippen molar-refractivity contribution in [2.75, 3.05) is 0 Å². The van der Waals surface area contributed by atoms with Crippen molar-refractivity contribution in [1.29, 1.82) is 0 Å². The van der Waals surface area contributed by atoms with Crippen LogP contribution in [0.25, 0.3) is 121 Å². The lowest BCUT2D eigenvalue weighted by Crippen LogP contribution is -1.95.